The highest BCUT2D eigenvalue weighted by molar-refractivity contribution is 5.92. The first-order chi connectivity index (χ1) is 11.7. The van der Waals surface area contributed by atoms with Crippen LogP contribution in [0.2, 0.25) is 0 Å². The Morgan fingerprint density at radius 2 is 1.52 bits per heavy atom. The Labute approximate surface area is 156 Å². The van der Waals surface area contributed by atoms with Gasteiger partial charge in [0.15, 0.2) is 0 Å². The fraction of sp³-hybridized carbons (Fsp3) is 0.360. The molecular weight excluding hydrogens is 300 g/mol. The van der Waals surface area contributed by atoms with Crippen LogP contribution in [-0.4, -0.2) is 0 Å². The van der Waals surface area contributed by atoms with Crippen LogP contribution in [0.1, 0.15) is 70.7 Å². The minimum atomic E-state index is -0.113. The number of rotatable bonds is 2. The molecule has 136 valence electrons. The van der Waals surface area contributed by atoms with Gasteiger partial charge in [-0.15, -0.1) is 0 Å². The number of aryl methyl sites for hydroxylation is 1. The maximum absolute atomic E-state index is 4.29. The summed E-state index contributed by atoms with van der Waals surface area (Å²) in [7, 11) is 0. The van der Waals surface area contributed by atoms with E-state index in [-0.39, 0.29) is 5.41 Å². The Kier molecular flexibility index (Phi) is 8.63. The summed E-state index contributed by atoms with van der Waals surface area (Å²) in [5.74, 6) is 0. The Hall–Kier alpha value is -2.08. The lowest BCUT2D eigenvalue weighted by Gasteiger charge is -2.39. The van der Waals surface area contributed by atoms with Gasteiger partial charge in [-0.25, -0.2) is 0 Å². The van der Waals surface area contributed by atoms with Crippen molar-refractivity contribution >= 4 is 11.6 Å². The van der Waals surface area contributed by atoms with Gasteiger partial charge in [-0.1, -0.05) is 97.7 Å². The van der Waals surface area contributed by atoms with Crippen LogP contribution in [0.3, 0.4) is 0 Å². The van der Waals surface area contributed by atoms with E-state index >= 15 is 0 Å². The van der Waals surface area contributed by atoms with Crippen molar-refractivity contribution < 1.29 is 0 Å². The van der Waals surface area contributed by atoms with Crippen LogP contribution in [0, 0.1) is 6.92 Å². The molecule has 0 heterocycles. The fourth-order valence-corrected chi connectivity index (χ4v) is 3.18. The van der Waals surface area contributed by atoms with E-state index in [0.717, 1.165) is 16.7 Å². The van der Waals surface area contributed by atoms with Crippen LogP contribution < -0.4 is 0 Å². The van der Waals surface area contributed by atoms with Crippen molar-refractivity contribution in [2.75, 3.05) is 0 Å². The molecule has 0 aliphatic heterocycles. The number of benzene rings is 1. The molecule has 0 nitrogen and oxygen atoms in total. The first-order valence-corrected chi connectivity index (χ1v) is 9.25. The largest absolute Gasteiger partial charge is 0.0984 e. The zero-order valence-electron chi connectivity index (χ0n) is 17.6. The minimum absolute atomic E-state index is 0.113. The molecule has 0 heteroatoms. The lowest BCUT2D eigenvalue weighted by atomic mass is 9.64. The Bertz CT molecular complexity index is 706. The van der Waals surface area contributed by atoms with Crippen LogP contribution in [0.15, 0.2) is 61.2 Å². The van der Waals surface area contributed by atoms with Crippen molar-refractivity contribution in [3.63, 3.8) is 0 Å². The molecule has 0 N–H and O–H groups in total. The number of fused-ring (bicyclic) bond motifs is 1. The molecule has 0 amide bonds. The van der Waals surface area contributed by atoms with E-state index in [1.54, 1.807) is 0 Å². The van der Waals surface area contributed by atoms with Crippen molar-refractivity contribution in [3.05, 3.63) is 83.5 Å². The van der Waals surface area contributed by atoms with Gasteiger partial charge in [-0.05, 0) is 52.8 Å². The van der Waals surface area contributed by atoms with Gasteiger partial charge >= 0.3 is 0 Å². The monoisotopic (exact) mass is 336 g/mol. The second kappa shape index (κ2) is 9.42. The molecular formula is C25H36. The number of hydrogen-bond acceptors (Lipinski definition) is 0. The van der Waals surface area contributed by atoms with E-state index in [4.69, 9.17) is 0 Å². The van der Waals surface area contributed by atoms with E-state index < -0.39 is 0 Å². The summed E-state index contributed by atoms with van der Waals surface area (Å²) < 4.78 is 0. The number of hydrogen-bond donors (Lipinski definition) is 0. The summed E-state index contributed by atoms with van der Waals surface area (Å²) >= 11 is 0. The molecule has 0 radical (unpaired) electrons. The molecule has 0 fully saturated rings. The Balaban J connectivity index is 0.00000134. The van der Waals surface area contributed by atoms with Gasteiger partial charge in [-0.2, -0.15) is 0 Å². The highest BCUT2D eigenvalue weighted by Gasteiger charge is 2.36. The predicted octanol–water partition coefficient (Wildman–Crippen LogP) is 8.05. The first kappa shape index (κ1) is 22.9. The topological polar surface area (TPSA) is 0 Å². The predicted molar refractivity (Wildman–Crippen MR) is 118 cm³/mol. The van der Waals surface area contributed by atoms with Gasteiger partial charge in [0, 0.05) is 5.41 Å². The van der Waals surface area contributed by atoms with Crippen LogP contribution in [-0.2, 0) is 5.41 Å². The molecule has 0 aromatic heterocycles. The highest BCUT2D eigenvalue weighted by Crippen LogP contribution is 2.49. The third-order valence-electron chi connectivity index (χ3n) is 4.40. The SMILES string of the molecule is C=Cc1c(C)ccc2c1C(=C)C(=C)/C(=C\C(=C)C)C2(C)C.CC.CC. The Morgan fingerprint density at radius 1 is 1.00 bits per heavy atom. The first-order valence-electron chi connectivity index (χ1n) is 9.25. The molecule has 0 saturated carbocycles. The summed E-state index contributed by atoms with van der Waals surface area (Å²) in [6.07, 6.45) is 4.06. The second-order valence-electron chi connectivity index (χ2n) is 6.41. The molecule has 1 aliphatic rings. The third kappa shape index (κ3) is 4.31. The van der Waals surface area contributed by atoms with Gasteiger partial charge in [0.25, 0.3) is 0 Å². The molecule has 0 atom stereocenters. The van der Waals surface area contributed by atoms with E-state index in [1.807, 2.05) is 40.7 Å². The summed E-state index contributed by atoms with van der Waals surface area (Å²) in [4.78, 5) is 0. The molecule has 0 unspecified atom stereocenters. The normalized spacial score (nSPS) is 16.1. The quantitative estimate of drug-likeness (QED) is 0.512. The van der Waals surface area contributed by atoms with Crippen molar-refractivity contribution in [3.8, 4) is 0 Å². The number of allylic oxidation sites excluding steroid dienone is 5. The van der Waals surface area contributed by atoms with Crippen LogP contribution >= 0.6 is 0 Å². The molecule has 0 bridgehead atoms. The van der Waals surface area contributed by atoms with Gasteiger partial charge in [0.05, 0.1) is 0 Å². The molecule has 0 spiro atoms. The smallest absolute Gasteiger partial charge is 0.0158 e. The van der Waals surface area contributed by atoms with Crippen molar-refractivity contribution in [2.24, 2.45) is 0 Å². The average Bonchev–Trinajstić information content (AvgIpc) is 2.60. The third-order valence-corrected chi connectivity index (χ3v) is 4.40. The summed E-state index contributed by atoms with van der Waals surface area (Å²) in [5, 5.41) is 0. The lowest BCUT2D eigenvalue weighted by molar-refractivity contribution is 0.624. The zero-order chi connectivity index (χ0) is 19.9. The molecule has 1 aliphatic carbocycles. The molecule has 25 heavy (non-hydrogen) atoms. The van der Waals surface area contributed by atoms with Crippen LogP contribution in [0.4, 0.5) is 0 Å². The standard InChI is InChI=1S/C21H24.2C2H6/c1-9-17-14(4)10-11-18-20(17)16(6)15(5)19(12-13(2)3)21(18,7)8;2*1-2/h9-12H,1-2,5-6H2,3-4,7-8H3;2*1-2H3/b19-12+;;. The fourth-order valence-electron chi connectivity index (χ4n) is 3.18. The van der Waals surface area contributed by atoms with Crippen molar-refractivity contribution in [2.45, 2.75) is 60.8 Å². The minimum Gasteiger partial charge on any atom is -0.0984 e. The van der Waals surface area contributed by atoms with Gasteiger partial charge in [0.2, 0.25) is 0 Å². The summed E-state index contributed by atoms with van der Waals surface area (Å²) in [5.41, 5.74) is 8.99. The second-order valence-corrected chi connectivity index (χ2v) is 6.41. The molecule has 1 aromatic carbocycles. The van der Waals surface area contributed by atoms with Gasteiger partial charge in [-0.3, -0.25) is 0 Å². The van der Waals surface area contributed by atoms with E-state index in [0.29, 0.717) is 0 Å². The molecule has 0 saturated heterocycles. The zero-order valence-corrected chi connectivity index (χ0v) is 17.6. The van der Waals surface area contributed by atoms with Gasteiger partial charge < -0.3 is 0 Å². The average molecular weight is 337 g/mol. The van der Waals surface area contributed by atoms with E-state index in [2.05, 4.69) is 65.3 Å². The Morgan fingerprint density at radius 3 is 1.96 bits per heavy atom. The summed E-state index contributed by atoms with van der Waals surface area (Å²) in [6, 6.07) is 4.37. The van der Waals surface area contributed by atoms with Crippen molar-refractivity contribution in [1.29, 1.82) is 0 Å². The van der Waals surface area contributed by atoms with Gasteiger partial charge in [0.1, 0.15) is 0 Å². The molecule has 2 rings (SSSR count). The maximum Gasteiger partial charge on any atom is 0.0158 e. The molecule has 1 aromatic rings. The summed E-state index contributed by atoms with van der Waals surface area (Å²) in [6.45, 7) is 33.2. The van der Waals surface area contributed by atoms with Crippen LogP contribution in [0.25, 0.3) is 11.6 Å². The maximum atomic E-state index is 4.29. The van der Waals surface area contributed by atoms with Crippen LogP contribution in [0.5, 0.6) is 0 Å². The van der Waals surface area contributed by atoms with Crippen molar-refractivity contribution in [1.82, 2.24) is 0 Å². The highest BCUT2D eigenvalue weighted by atomic mass is 14.4. The lowest BCUT2D eigenvalue weighted by Crippen LogP contribution is -2.28. The van der Waals surface area contributed by atoms with E-state index in [9.17, 15) is 0 Å². The van der Waals surface area contributed by atoms with E-state index in [1.165, 1.54) is 27.8 Å².